The molecule has 21 heavy (non-hydrogen) atoms. The molecule has 0 aromatic carbocycles. The molecule has 0 amide bonds. The molecule has 116 valence electrons. The van der Waals surface area contributed by atoms with Crippen molar-refractivity contribution in [1.82, 2.24) is 9.97 Å². The van der Waals surface area contributed by atoms with E-state index in [1.807, 2.05) is 38.6 Å². The van der Waals surface area contributed by atoms with Gasteiger partial charge in [-0.15, -0.1) is 0 Å². The SMILES string of the molecule is Cc1[nH]cc[nH+]1.Cc1[nH]cc[nH+]1.O=C([O-])CCCC(=O)[O-]. The number of hydrogen-bond donors (Lipinski definition) is 2. The second kappa shape index (κ2) is 11.2. The molecule has 0 atom stereocenters. The molecule has 0 aliphatic carbocycles. The van der Waals surface area contributed by atoms with E-state index in [-0.39, 0.29) is 19.3 Å². The lowest BCUT2D eigenvalue weighted by Gasteiger charge is -2.01. The topological polar surface area (TPSA) is 140 Å². The Hall–Kier alpha value is -2.64. The average Bonchev–Trinajstić information content (AvgIpc) is 3.03. The summed E-state index contributed by atoms with van der Waals surface area (Å²) in [7, 11) is 0. The molecule has 0 bridgehead atoms. The van der Waals surface area contributed by atoms with Gasteiger partial charge in [-0.25, -0.2) is 19.9 Å². The number of nitrogens with one attached hydrogen (secondary N) is 4. The molecule has 0 spiro atoms. The Balaban J connectivity index is 0.000000293. The van der Waals surface area contributed by atoms with Crippen LogP contribution in [0.25, 0.3) is 0 Å². The molecular formula is C13H20N4O4. The minimum Gasteiger partial charge on any atom is -0.550 e. The van der Waals surface area contributed by atoms with Crippen LogP contribution in [0.15, 0.2) is 24.8 Å². The van der Waals surface area contributed by atoms with E-state index in [0.717, 1.165) is 11.6 Å². The highest BCUT2D eigenvalue weighted by molar-refractivity contribution is 5.67. The number of carbonyl (C=O) groups is 2. The molecule has 2 aromatic rings. The number of aromatic nitrogens is 4. The van der Waals surface area contributed by atoms with E-state index in [9.17, 15) is 19.8 Å². The lowest BCUT2D eigenvalue weighted by atomic mass is 10.2. The van der Waals surface area contributed by atoms with Gasteiger partial charge in [-0.1, -0.05) is 0 Å². The zero-order chi connectivity index (χ0) is 16.1. The Kier molecular flexibility index (Phi) is 9.80. The molecule has 0 saturated carbocycles. The first-order chi connectivity index (χ1) is 9.91. The van der Waals surface area contributed by atoms with Crippen molar-refractivity contribution in [2.24, 2.45) is 0 Å². The van der Waals surface area contributed by atoms with E-state index in [4.69, 9.17) is 0 Å². The second-order valence-electron chi connectivity index (χ2n) is 4.09. The normalized spacial score (nSPS) is 8.86. The standard InChI is InChI=1S/C5H8O4.2C4H6N2/c6-4(7)2-1-3-5(8)9;2*1-4-5-2-3-6-4/h1-3H2,(H,6,7)(H,8,9);2*2-3H,1H3,(H,5,6). The molecule has 0 aliphatic rings. The molecule has 8 heteroatoms. The van der Waals surface area contributed by atoms with Crippen molar-refractivity contribution in [2.45, 2.75) is 33.1 Å². The Labute approximate surface area is 122 Å². The molecule has 0 radical (unpaired) electrons. The van der Waals surface area contributed by atoms with E-state index in [2.05, 4.69) is 19.9 Å². The van der Waals surface area contributed by atoms with Crippen LogP contribution in [0.4, 0.5) is 0 Å². The van der Waals surface area contributed by atoms with Gasteiger partial charge in [-0.05, 0) is 19.3 Å². The van der Waals surface area contributed by atoms with Crippen LogP contribution in [0, 0.1) is 13.8 Å². The molecule has 2 heterocycles. The van der Waals surface area contributed by atoms with E-state index < -0.39 is 11.9 Å². The largest absolute Gasteiger partial charge is 0.550 e. The van der Waals surface area contributed by atoms with Crippen molar-refractivity contribution in [2.75, 3.05) is 0 Å². The van der Waals surface area contributed by atoms with E-state index in [1.54, 1.807) is 0 Å². The first-order valence-electron chi connectivity index (χ1n) is 6.34. The highest BCUT2D eigenvalue weighted by Gasteiger charge is 1.87. The van der Waals surface area contributed by atoms with Crippen molar-refractivity contribution >= 4 is 11.9 Å². The highest BCUT2D eigenvalue weighted by Crippen LogP contribution is 1.90. The second-order valence-corrected chi connectivity index (χ2v) is 4.09. The predicted octanol–water partition coefficient (Wildman–Crippen LogP) is -2.07. The zero-order valence-electron chi connectivity index (χ0n) is 12.1. The number of hydrogen-bond acceptors (Lipinski definition) is 4. The first-order valence-corrected chi connectivity index (χ1v) is 6.34. The Morgan fingerprint density at radius 3 is 1.48 bits per heavy atom. The number of aliphatic carboxylic acids is 2. The summed E-state index contributed by atoms with van der Waals surface area (Å²) in [6, 6.07) is 0. The van der Waals surface area contributed by atoms with Crippen LogP contribution >= 0.6 is 0 Å². The summed E-state index contributed by atoms with van der Waals surface area (Å²) in [4.78, 5) is 31.1. The van der Waals surface area contributed by atoms with Gasteiger partial charge in [0.05, 0.1) is 0 Å². The van der Waals surface area contributed by atoms with Crippen LogP contribution in [0.3, 0.4) is 0 Å². The van der Waals surface area contributed by atoms with Gasteiger partial charge in [0.25, 0.3) is 0 Å². The molecule has 0 aliphatic heterocycles. The smallest absolute Gasteiger partial charge is 0.248 e. The number of rotatable bonds is 4. The molecule has 2 rings (SSSR count). The van der Waals surface area contributed by atoms with Crippen LogP contribution < -0.4 is 20.2 Å². The number of aromatic amines is 4. The minimum absolute atomic E-state index is 0.0880. The summed E-state index contributed by atoms with van der Waals surface area (Å²) < 4.78 is 0. The Morgan fingerprint density at radius 1 is 0.952 bits per heavy atom. The van der Waals surface area contributed by atoms with E-state index in [1.165, 1.54) is 0 Å². The summed E-state index contributed by atoms with van der Waals surface area (Å²) in [5.41, 5.74) is 0. The Bertz CT molecular complexity index is 448. The Morgan fingerprint density at radius 2 is 1.33 bits per heavy atom. The minimum atomic E-state index is -1.23. The fourth-order valence-electron chi connectivity index (χ4n) is 1.13. The number of H-pyrrole nitrogens is 4. The number of aryl methyl sites for hydroxylation is 2. The molecule has 2 aromatic heterocycles. The van der Waals surface area contributed by atoms with Gasteiger partial charge in [-0.2, -0.15) is 0 Å². The summed E-state index contributed by atoms with van der Waals surface area (Å²) in [5, 5.41) is 19.3. The van der Waals surface area contributed by atoms with Crippen molar-refractivity contribution in [3.63, 3.8) is 0 Å². The molecule has 0 fully saturated rings. The third-order valence-electron chi connectivity index (χ3n) is 2.13. The first kappa shape index (κ1) is 18.4. The van der Waals surface area contributed by atoms with Crippen molar-refractivity contribution in [3.05, 3.63) is 36.4 Å². The van der Waals surface area contributed by atoms with Crippen molar-refractivity contribution in [3.8, 4) is 0 Å². The molecule has 0 saturated heterocycles. The maximum Gasteiger partial charge on any atom is 0.248 e. The summed E-state index contributed by atoms with van der Waals surface area (Å²) in [6.07, 6.45) is 7.09. The average molecular weight is 296 g/mol. The van der Waals surface area contributed by atoms with Gasteiger partial charge in [0.15, 0.2) is 0 Å². The van der Waals surface area contributed by atoms with Crippen LogP contribution in [0.2, 0.25) is 0 Å². The third kappa shape index (κ3) is 13.6. The van der Waals surface area contributed by atoms with Gasteiger partial charge in [0.1, 0.15) is 24.8 Å². The fraction of sp³-hybridized carbons (Fsp3) is 0.385. The lowest BCUT2D eigenvalue weighted by Crippen LogP contribution is -2.25. The fourth-order valence-corrected chi connectivity index (χ4v) is 1.13. The van der Waals surface area contributed by atoms with Gasteiger partial charge >= 0.3 is 0 Å². The van der Waals surface area contributed by atoms with Gasteiger partial charge in [0.2, 0.25) is 11.6 Å². The zero-order valence-corrected chi connectivity index (χ0v) is 12.1. The van der Waals surface area contributed by atoms with Gasteiger partial charge < -0.3 is 19.8 Å². The molecule has 0 unspecified atom stereocenters. The highest BCUT2D eigenvalue weighted by atomic mass is 16.4. The quantitative estimate of drug-likeness (QED) is 0.668. The predicted molar refractivity (Wildman–Crippen MR) is 68.0 cm³/mol. The van der Waals surface area contributed by atoms with Gasteiger partial charge in [-0.3, -0.25) is 0 Å². The van der Waals surface area contributed by atoms with Crippen molar-refractivity contribution < 1.29 is 29.8 Å². The lowest BCUT2D eigenvalue weighted by molar-refractivity contribution is -0.385. The van der Waals surface area contributed by atoms with Crippen LogP contribution in [-0.4, -0.2) is 21.9 Å². The summed E-state index contributed by atoms with van der Waals surface area (Å²) in [5.74, 6) is -0.266. The van der Waals surface area contributed by atoms with E-state index >= 15 is 0 Å². The van der Waals surface area contributed by atoms with E-state index in [0.29, 0.717) is 0 Å². The number of carboxylic acid groups (broad SMARTS) is 2. The summed E-state index contributed by atoms with van der Waals surface area (Å²) >= 11 is 0. The van der Waals surface area contributed by atoms with Crippen molar-refractivity contribution in [1.29, 1.82) is 0 Å². The maximum absolute atomic E-state index is 9.66. The van der Waals surface area contributed by atoms with Crippen LogP contribution in [0.5, 0.6) is 0 Å². The molecule has 4 N–H and O–H groups in total. The van der Waals surface area contributed by atoms with Crippen LogP contribution in [-0.2, 0) is 9.59 Å². The molecular weight excluding hydrogens is 276 g/mol. The summed E-state index contributed by atoms with van der Waals surface area (Å²) in [6.45, 7) is 3.94. The maximum atomic E-state index is 9.66. The number of carboxylic acids is 2. The monoisotopic (exact) mass is 296 g/mol. The van der Waals surface area contributed by atoms with Gasteiger partial charge in [0, 0.05) is 25.8 Å². The number of imidazole rings is 2. The molecule has 8 nitrogen and oxygen atoms in total. The van der Waals surface area contributed by atoms with Crippen LogP contribution in [0.1, 0.15) is 30.9 Å². The number of carbonyl (C=O) groups excluding carboxylic acids is 2. The third-order valence-corrected chi connectivity index (χ3v) is 2.13.